The summed E-state index contributed by atoms with van der Waals surface area (Å²) in [6.45, 7) is 0. The van der Waals surface area contributed by atoms with Gasteiger partial charge >= 0.3 is 6.18 Å². The zero-order valence-electron chi connectivity index (χ0n) is 14.1. The summed E-state index contributed by atoms with van der Waals surface area (Å²) in [6.07, 6.45) is -4.46. The lowest BCUT2D eigenvalue weighted by atomic mass is 10.0. The molecule has 0 aliphatic rings. The van der Waals surface area contributed by atoms with Crippen molar-refractivity contribution in [2.24, 2.45) is 0 Å². The van der Waals surface area contributed by atoms with Crippen LogP contribution in [-0.2, 0) is 6.18 Å². The Balaban J connectivity index is 1.88. The minimum atomic E-state index is -4.46. The number of rotatable bonds is 3. The summed E-state index contributed by atoms with van der Waals surface area (Å²) in [7, 11) is 0. The number of carbonyl (C=O) groups excluding carboxylic acids is 1. The number of halogens is 3. The second-order valence-corrected chi connectivity index (χ2v) is 6.08. The molecular formula is C20H11F3N3O2-. The highest BCUT2D eigenvalue weighted by Gasteiger charge is 2.30. The maximum absolute atomic E-state index is 12.7. The van der Waals surface area contributed by atoms with Gasteiger partial charge in [-0.3, -0.25) is 5.10 Å². The third-order valence-electron chi connectivity index (χ3n) is 4.31. The van der Waals surface area contributed by atoms with Crippen molar-refractivity contribution in [3.05, 3.63) is 71.8 Å². The van der Waals surface area contributed by atoms with Gasteiger partial charge in [0.2, 0.25) is 0 Å². The van der Waals surface area contributed by atoms with Gasteiger partial charge in [0, 0.05) is 16.7 Å². The number of carbonyl (C=O) groups is 1. The van der Waals surface area contributed by atoms with E-state index in [0.29, 0.717) is 11.3 Å². The van der Waals surface area contributed by atoms with E-state index in [-0.39, 0.29) is 22.3 Å². The topological polar surface area (TPSA) is 81.7 Å². The van der Waals surface area contributed by atoms with Gasteiger partial charge in [-0.1, -0.05) is 42.5 Å². The molecule has 0 radical (unpaired) electrons. The number of hydrogen-bond donors (Lipinski definition) is 1. The fourth-order valence-electron chi connectivity index (χ4n) is 2.98. The minimum absolute atomic E-state index is 0.135. The molecule has 2 aromatic carbocycles. The predicted octanol–water partition coefficient (Wildman–Crippen LogP) is 3.67. The molecule has 0 saturated carbocycles. The molecule has 8 heteroatoms. The SMILES string of the molecule is O=C([O-])c1cc(-c2ccc(C(F)(F)F)cc2)nc2n[nH]c(-c3ccccc3)c12. The Kier molecular flexibility index (Phi) is 4.11. The van der Waals surface area contributed by atoms with E-state index in [2.05, 4.69) is 15.2 Å². The van der Waals surface area contributed by atoms with Crippen LogP contribution in [-0.4, -0.2) is 21.2 Å². The standard InChI is InChI=1S/C20H12F3N3O2/c21-20(22,23)13-8-6-11(7-9-13)15-10-14(19(27)28)16-17(25-26-18(16)24-15)12-4-2-1-3-5-12/h1-10H,(H,27,28)(H,24,25,26)/p-1. The van der Waals surface area contributed by atoms with Crippen LogP contribution in [0.3, 0.4) is 0 Å². The highest BCUT2D eigenvalue weighted by Crippen LogP contribution is 2.33. The smallest absolute Gasteiger partial charge is 0.416 e. The number of aromatic carboxylic acids is 1. The molecule has 5 nitrogen and oxygen atoms in total. The number of nitrogens with one attached hydrogen (secondary N) is 1. The molecule has 0 saturated heterocycles. The van der Waals surface area contributed by atoms with Crippen LogP contribution in [0.15, 0.2) is 60.7 Å². The van der Waals surface area contributed by atoms with E-state index in [1.165, 1.54) is 18.2 Å². The molecule has 0 aliphatic carbocycles. The number of carboxylic acids is 1. The molecule has 0 unspecified atom stereocenters. The summed E-state index contributed by atoms with van der Waals surface area (Å²) in [6, 6.07) is 14.6. The Bertz CT molecular complexity index is 1170. The Morgan fingerprint density at radius 2 is 1.64 bits per heavy atom. The van der Waals surface area contributed by atoms with Gasteiger partial charge in [-0.25, -0.2) is 4.98 Å². The molecule has 0 spiro atoms. The Morgan fingerprint density at radius 1 is 0.964 bits per heavy atom. The van der Waals surface area contributed by atoms with Crippen LogP contribution in [0.25, 0.3) is 33.5 Å². The van der Waals surface area contributed by atoms with E-state index in [9.17, 15) is 23.1 Å². The Hall–Kier alpha value is -3.68. The summed E-state index contributed by atoms with van der Waals surface area (Å²) in [5.41, 5.74) is 0.901. The van der Waals surface area contributed by atoms with Gasteiger partial charge in [0.25, 0.3) is 0 Å². The molecule has 140 valence electrons. The highest BCUT2D eigenvalue weighted by atomic mass is 19.4. The lowest BCUT2D eigenvalue weighted by Crippen LogP contribution is -2.22. The number of carboxylic acid groups (broad SMARTS) is 1. The molecule has 28 heavy (non-hydrogen) atoms. The molecule has 0 aliphatic heterocycles. The molecule has 4 rings (SSSR count). The minimum Gasteiger partial charge on any atom is -0.545 e. The number of hydrogen-bond acceptors (Lipinski definition) is 4. The number of aromatic nitrogens is 3. The number of fused-ring (bicyclic) bond motifs is 1. The fraction of sp³-hybridized carbons (Fsp3) is 0.0500. The molecule has 2 heterocycles. The number of H-pyrrole nitrogens is 1. The van der Waals surface area contributed by atoms with E-state index in [1.54, 1.807) is 24.3 Å². The number of alkyl halides is 3. The number of nitrogens with zero attached hydrogens (tertiary/aromatic N) is 2. The van der Waals surface area contributed by atoms with Gasteiger partial charge < -0.3 is 9.90 Å². The maximum Gasteiger partial charge on any atom is 0.416 e. The second-order valence-electron chi connectivity index (χ2n) is 6.08. The second kappa shape index (κ2) is 6.49. The van der Waals surface area contributed by atoms with E-state index < -0.39 is 17.7 Å². The lowest BCUT2D eigenvalue weighted by molar-refractivity contribution is -0.254. The molecule has 0 amide bonds. The average molecular weight is 382 g/mol. The molecular weight excluding hydrogens is 371 g/mol. The first kappa shape index (κ1) is 17.7. The number of pyridine rings is 1. The van der Waals surface area contributed by atoms with Crippen molar-refractivity contribution in [2.75, 3.05) is 0 Å². The van der Waals surface area contributed by atoms with Crippen molar-refractivity contribution in [3.63, 3.8) is 0 Å². The Labute approximate surface area is 156 Å². The lowest BCUT2D eigenvalue weighted by Gasteiger charge is -2.10. The van der Waals surface area contributed by atoms with Gasteiger partial charge in [0.05, 0.1) is 28.3 Å². The van der Waals surface area contributed by atoms with Gasteiger partial charge in [-0.15, -0.1) is 0 Å². The fourth-order valence-corrected chi connectivity index (χ4v) is 2.98. The zero-order valence-corrected chi connectivity index (χ0v) is 14.1. The van der Waals surface area contributed by atoms with Crippen LogP contribution >= 0.6 is 0 Å². The molecule has 0 bridgehead atoms. The summed E-state index contributed by atoms with van der Waals surface area (Å²) >= 11 is 0. The first-order chi connectivity index (χ1) is 13.3. The quantitative estimate of drug-likeness (QED) is 0.586. The molecule has 4 aromatic rings. The van der Waals surface area contributed by atoms with Crippen LogP contribution in [0.4, 0.5) is 13.2 Å². The Morgan fingerprint density at radius 3 is 2.25 bits per heavy atom. The van der Waals surface area contributed by atoms with Crippen molar-refractivity contribution >= 4 is 17.0 Å². The zero-order chi connectivity index (χ0) is 19.9. The first-order valence-corrected chi connectivity index (χ1v) is 8.18. The predicted molar refractivity (Wildman–Crippen MR) is 94.1 cm³/mol. The average Bonchev–Trinajstić information content (AvgIpc) is 3.11. The van der Waals surface area contributed by atoms with Crippen LogP contribution in [0.5, 0.6) is 0 Å². The normalized spacial score (nSPS) is 11.7. The van der Waals surface area contributed by atoms with Gasteiger partial charge in [-0.05, 0) is 18.2 Å². The van der Waals surface area contributed by atoms with E-state index in [0.717, 1.165) is 17.7 Å². The molecule has 0 atom stereocenters. The van der Waals surface area contributed by atoms with Crippen molar-refractivity contribution in [1.29, 1.82) is 0 Å². The largest absolute Gasteiger partial charge is 0.545 e. The summed E-state index contributed by atoms with van der Waals surface area (Å²) < 4.78 is 38.2. The summed E-state index contributed by atoms with van der Waals surface area (Å²) in [4.78, 5) is 16.0. The monoisotopic (exact) mass is 382 g/mol. The van der Waals surface area contributed by atoms with Crippen molar-refractivity contribution < 1.29 is 23.1 Å². The van der Waals surface area contributed by atoms with Gasteiger partial charge in [0.1, 0.15) is 0 Å². The molecule has 2 aromatic heterocycles. The molecule has 0 fully saturated rings. The van der Waals surface area contributed by atoms with E-state index in [4.69, 9.17) is 0 Å². The van der Waals surface area contributed by atoms with E-state index >= 15 is 0 Å². The third-order valence-corrected chi connectivity index (χ3v) is 4.31. The third kappa shape index (κ3) is 3.09. The van der Waals surface area contributed by atoms with Crippen molar-refractivity contribution in [3.8, 4) is 22.5 Å². The maximum atomic E-state index is 12.7. The number of aromatic amines is 1. The van der Waals surface area contributed by atoms with Crippen LogP contribution in [0, 0.1) is 0 Å². The van der Waals surface area contributed by atoms with Crippen LogP contribution in [0.2, 0.25) is 0 Å². The van der Waals surface area contributed by atoms with E-state index in [1.807, 2.05) is 6.07 Å². The highest BCUT2D eigenvalue weighted by molar-refractivity contribution is 6.07. The van der Waals surface area contributed by atoms with Gasteiger partial charge in [-0.2, -0.15) is 18.3 Å². The summed E-state index contributed by atoms with van der Waals surface area (Å²) in [5.74, 6) is -1.43. The van der Waals surface area contributed by atoms with Crippen LogP contribution < -0.4 is 5.11 Å². The van der Waals surface area contributed by atoms with Crippen molar-refractivity contribution in [2.45, 2.75) is 6.18 Å². The van der Waals surface area contributed by atoms with Crippen LogP contribution in [0.1, 0.15) is 15.9 Å². The van der Waals surface area contributed by atoms with Crippen molar-refractivity contribution in [1.82, 2.24) is 15.2 Å². The molecule has 1 N–H and O–H groups in total. The summed E-state index contributed by atoms with van der Waals surface area (Å²) in [5, 5.41) is 18.9. The first-order valence-electron chi connectivity index (χ1n) is 8.18. The number of benzene rings is 2. The van der Waals surface area contributed by atoms with Gasteiger partial charge in [0.15, 0.2) is 5.65 Å².